The molecular weight excluding hydrogens is 325 g/mol. The van der Waals surface area contributed by atoms with Crippen LogP contribution < -0.4 is 5.32 Å². The Balaban J connectivity index is 1.49. The Morgan fingerprint density at radius 3 is 3.16 bits per heavy atom. The smallest absolute Gasteiger partial charge is 0.252 e. The van der Waals surface area contributed by atoms with Crippen LogP contribution in [0.4, 0.5) is 4.39 Å². The highest BCUT2D eigenvalue weighted by molar-refractivity contribution is 6.06. The average Bonchev–Trinajstić information content (AvgIpc) is 3.32. The Kier molecular flexibility index (Phi) is 4.23. The van der Waals surface area contributed by atoms with Crippen molar-refractivity contribution in [2.24, 2.45) is 5.92 Å². The molecule has 25 heavy (non-hydrogen) atoms. The number of aromatic nitrogens is 2. The summed E-state index contributed by atoms with van der Waals surface area (Å²) >= 11 is 0. The molecule has 1 fully saturated rings. The lowest BCUT2D eigenvalue weighted by atomic mass is 9.90. The molecule has 0 aliphatic carbocycles. The summed E-state index contributed by atoms with van der Waals surface area (Å²) in [6, 6.07) is 4.33. The fraction of sp³-hybridized carbons (Fsp3) is 0.333. The second kappa shape index (κ2) is 6.68. The summed E-state index contributed by atoms with van der Waals surface area (Å²) in [5.74, 6) is -0.559. The molecule has 0 bridgehead atoms. The first-order chi connectivity index (χ1) is 12.2. The van der Waals surface area contributed by atoms with Crippen molar-refractivity contribution in [1.82, 2.24) is 15.5 Å². The topological polar surface area (TPSA) is 80.1 Å². The largest absolute Gasteiger partial charge is 0.461 e. The quantitative estimate of drug-likeness (QED) is 0.762. The first-order valence-corrected chi connectivity index (χ1v) is 8.28. The van der Waals surface area contributed by atoms with E-state index in [-0.39, 0.29) is 23.5 Å². The first-order valence-electron chi connectivity index (χ1n) is 8.28. The van der Waals surface area contributed by atoms with Crippen LogP contribution in [0, 0.1) is 11.7 Å². The number of hydrogen-bond acceptors (Lipinski definition) is 4. The second-order valence-electron chi connectivity index (χ2n) is 6.19. The number of nitrogens with one attached hydrogen (secondary N) is 2. The van der Waals surface area contributed by atoms with Crippen molar-refractivity contribution in [1.29, 1.82) is 0 Å². The number of carbonyl (C=O) groups is 1. The summed E-state index contributed by atoms with van der Waals surface area (Å²) in [7, 11) is 0. The minimum atomic E-state index is -0.475. The second-order valence-corrected chi connectivity index (χ2v) is 6.19. The van der Waals surface area contributed by atoms with Crippen LogP contribution in [0.5, 0.6) is 0 Å². The van der Waals surface area contributed by atoms with Gasteiger partial charge in [-0.3, -0.25) is 9.89 Å². The number of halogens is 1. The van der Waals surface area contributed by atoms with E-state index >= 15 is 0 Å². The molecule has 1 amide bonds. The van der Waals surface area contributed by atoms with Crippen LogP contribution >= 0.6 is 0 Å². The molecule has 4 rings (SSSR count). The predicted octanol–water partition coefficient (Wildman–Crippen LogP) is 3.19. The Hall–Kier alpha value is -2.67. The molecule has 1 saturated heterocycles. The molecule has 2 N–H and O–H groups in total. The lowest BCUT2D eigenvalue weighted by molar-refractivity contribution is -0.0272. The molecule has 1 aliphatic rings. The van der Waals surface area contributed by atoms with Crippen molar-refractivity contribution in [3.8, 4) is 0 Å². The highest BCUT2D eigenvalue weighted by Crippen LogP contribution is 2.32. The highest BCUT2D eigenvalue weighted by atomic mass is 19.1. The fourth-order valence-corrected chi connectivity index (χ4v) is 3.38. The van der Waals surface area contributed by atoms with Gasteiger partial charge in [0, 0.05) is 36.2 Å². The fourth-order valence-electron chi connectivity index (χ4n) is 3.38. The van der Waals surface area contributed by atoms with Crippen molar-refractivity contribution in [2.45, 2.75) is 18.9 Å². The van der Waals surface area contributed by atoms with E-state index in [9.17, 15) is 9.18 Å². The molecule has 0 spiro atoms. The number of carbonyl (C=O) groups excluding carboxylic acids is 1. The number of amides is 1. The average molecular weight is 343 g/mol. The molecule has 2 aromatic heterocycles. The van der Waals surface area contributed by atoms with Crippen LogP contribution in [0.25, 0.3) is 11.0 Å². The van der Waals surface area contributed by atoms with Gasteiger partial charge in [-0.25, -0.2) is 4.39 Å². The molecule has 2 atom stereocenters. The van der Waals surface area contributed by atoms with Crippen molar-refractivity contribution in [3.05, 3.63) is 53.8 Å². The van der Waals surface area contributed by atoms with Crippen LogP contribution in [0.2, 0.25) is 0 Å². The van der Waals surface area contributed by atoms with Gasteiger partial charge in [-0.05, 0) is 31.0 Å². The number of nitrogens with zero attached hydrogens (tertiary/aromatic N) is 1. The minimum Gasteiger partial charge on any atom is -0.461 e. The van der Waals surface area contributed by atoms with Gasteiger partial charge >= 0.3 is 0 Å². The van der Waals surface area contributed by atoms with Crippen LogP contribution in [0.3, 0.4) is 0 Å². The summed E-state index contributed by atoms with van der Waals surface area (Å²) in [5, 5.41) is 10.2. The van der Waals surface area contributed by atoms with E-state index in [0.29, 0.717) is 24.1 Å². The third kappa shape index (κ3) is 3.02. The van der Waals surface area contributed by atoms with Gasteiger partial charge in [0.05, 0.1) is 24.1 Å². The molecule has 3 aromatic rings. The number of benzene rings is 1. The van der Waals surface area contributed by atoms with Crippen LogP contribution in [-0.2, 0) is 4.74 Å². The number of H-pyrrole nitrogens is 1. The van der Waals surface area contributed by atoms with Gasteiger partial charge in [0.25, 0.3) is 5.91 Å². The number of furan rings is 1. The lowest BCUT2D eigenvalue weighted by Crippen LogP contribution is -2.35. The molecule has 130 valence electrons. The molecule has 7 heteroatoms. The summed E-state index contributed by atoms with van der Waals surface area (Å²) in [6.07, 6.45) is 6.78. The third-order valence-corrected chi connectivity index (χ3v) is 4.63. The Bertz CT molecular complexity index is 875. The Labute approximate surface area is 143 Å². The number of rotatable bonds is 4. The zero-order chi connectivity index (χ0) is 17.2. The number of aromatic amines is 1. The first kappa shape index (κ1) is 15.8. The highest BCUT2D eigenvalue weighted by Gasteiger charge is 2.28. The van der Waals surface area contributed by atoms with Gasteiger partial charge in [0.2, 0.25) is 0 Å². The summed E-state index contributed by atoms with van der Waals surface area (Å²) in [4.78, 5) is 12.6. The van der Waals surface area contributed by atoms with Crippen molar-refractivity contribution < 1.29 is 18.3 Å². The molecule has 1 aromatic carbocycles. The maximum absolute atomic E-state index is 13.7. The van der Waals surface area contributed by atoms with E-state index in [4.69, 9.17) is 9.15 Å². The van der Waals surface area contributed by atoms with Crippen molar-refractivity contribution >= 4 is 16.9 Å². The minimum absolute atomic E-state index is 0.0880. The molecule has 6 nitrogen and oxygen atoms in total. The summed E-state index contributed by atoms with van der Waals surface area (Å²) in [6.45, 7) is 1.18. The zero-order valence-electron chi connectivity index (χ0n) is 13.5. The number of fused-ring (bicyclic) bond motifs is 1. The monoisotopic (exact) mass is 343 g/mol. The van der Waals surface area contributed by atoms with Gasteiger partial charge in [0.15, 0.2) is 11.4 Å². The van der Waals surface area contributed by atoms with Gasteiger partial charge in [-0.1, -0.05) is 0 Å². The molecule has 0 saturated carbocycles. The maximum Gasteiger partial charge on any atom is 0.252 e. The van der Waals surface area contributed by atoms with E-state index in [2.05, 4.69) is 15.5 Å². The van der Waals surface area contributed by atoms with E-state index in [1.54, 1.807) is 12.3 Å². The molecule has 0 unspecified atom stereocenters. The van der Waals surface area contributed by atoms with Gasteiger partial charge in [-0.2, -0.15) is 5.10 Å². The normalized spacial score (nSPS) is 20.7. The van der Waals surface area contributed by atoms with Crippen LogP contribution in [-0.4, -0.2) is 29.3 Å². The molecular formula is C18H18FN3O3. The Morgan fingerprint density at radius 1 is 1.40 bits per heavy atom. The van der Waals surface area contributed by atoms with Crippen molar-refractivity contribution in [3.63, 3.8) is 0 Å². The van der Waals surface area contributed by atoms with Gasteiger partial charge in [-0.15, -0.1) is 0 Å². The van der Waals surface area contributed by atoms with Crippen LogP contribution in [0.15, 0.2) is 41.3 Å². The standard InChI is InChI=1S/C18H18FN3O3/c19-15-4-3-14(13-5-7-25-17(13)15)18(23)20-8-11-2-1-6-24-16(11)12-9-21-22-10-12/h3-5,7,9-11,16H,1-2,6,8H2,(H,20,23)(H,21,22)/t11-,16+/m0/s1. The predicted molar refractivity (Wildman–Crippen MR) is 88.5 cm³/mol. The molecule has 0 radical (unpaired) electrons. The van der Waals surface area contributed by atoms with Gasteiger partial charge in [0.1, 0.15) is 0 Å². The zero-order valence-corrected chi connectivity index (χ0v) is 13.5. The maximum atomic E-state index is 13.7. The SMILES string of the molecule is O=C(NC[C@@H]1CCCO[C@H]1c1cn[nH]c1)c1ccc(F)c2occc12. The lowest BCUT2D eigenvalue weighted by Gasteiger charge is -2.31. The Morgan fingerprint density at radius 2 is 2.32 bits per heavy atom. The van der Waals surface area contributed by atoms with E-state index < -0.39 is 5.82 Å². The van der Waals surface area contributed by atoms with Gasteiger partial charge < -0.3 is 14.5 Å². The van der Waals surface area contributed by atoms with E-state index in [1.807, 2.05) is 6.20 Å². The van der Waals surface area contributed by atoms with E-state index in [0.717, 1.165) is 18.4 Å². The number of hydrogen-bond donors (Lipinski definition) is 2. The summed E-state index contributed by atoms with van der Waals surface area (Å²) < 4.78 is 24.7. The summed E-state index contributed by atoms with van der Waals surface area (Å²) in [5.41, 5.74) is 1.49. The van der Waals surface area contributed by atoms with E-state index in [1.165, 1.54) is 18.4 Å². The third-order valence-electron chi connectivity index (χ3n) is 4.63. The van der Waals surface area contributed by atoms with Crippen LogP contribution in [0.1, 0.15) is 34.9 Å². The molecule has 1 aliphatic heterocycles. The van der Waals surface area contributed by atoms with Crippen molar-refractivity contribution in [2.75, 3.05) is 13.2 Å². The number of ether oxygens (including phenoxy) is 1. The molecule has 3 heterocycles.